The Labute approximate surface area is 146 Å². The topological polar surface area (TPSA) is 45.7 Å². The van der Waals surface area contributed by atoms with E-state index in [2.05, 4.69) is 15.6 Å². The monoisotopic (exact) mass is 425 g/mol. The number of hydrogen-bond acceptors (Lipinski definition) is 2. The molecule has 1 aliphatic rings. The summed E-state index contributed by atoms with van der Waals surface area (Å²) in [6, 6.07) is 3.40. The number of ether oxygens (including phenoxy) is 1. The highest BCUT2D eigenvalue weighted by molar-refractivity contribution is 14.0. The standard InChI is InChI=1S/C15H21F2N3O.HI/c1-15(6-3-7-21-15)10-20-14(18-2)19-9-11-8-12(16)4-5-13(11)17;/h4-5,8H,3,6-7,9-10H2,1-2H3,(H2,18,19,20);1H. The molecule has 124 valence electrons. The molecule has 22 heavy (non-hydrogen) atoms. The van der Waals surface area contributed by atoms with E-state index in [1.807, 2.05) is 6.92 Å². The number of rotatable bonds is 4. The van der Waals surface area contributed by atoms with E-state index in [4.69, 9.17) is 4.74 Å². The summed E-state index contributed by atoms with van der Waals surface area (Å²) in [6.45, 7) is 3.62. The fraction of sp³-hybridized carbons (Fsp3) is 0.533. The van der Waals surface area contributed by atoms with Crippen molar-refractivity contribution in [1.29, 1.82) is 0 Å². The molecular formula is C15H22F2IN3O. The van der Waals surface area contributed by atoms with E-state index in [0.29, 0.717) is 12.5 Å². The van der Waals surface area contributed by atoms with Crippen LogP contribution in [0.1, 0.15) is 25.3 Å². The summed E-state index contributed by atoms with van der Waals surface area (Å²) in [5, 5.41) is 6.13. The number of hydrogen-bond donors (Lipinski definition) is 2. The molecule has 1 aliphatic heterocycles. The lowest BCUT2D eigenvalue weighted by molar-refractivity contribution is 0.0243. The summed E-state index contributed by atoms with van der Waals surface area (Å²) < 4.78 is 32.3. The number of halogens is 3. The first kappa shape index (κ1) is 19.1. The van der Waals surface area contributed by atoms with Crippen molar-refractivity contribution in [2.45, 2.75) is 31.9 Å². The molecule has 2 rings (SSSR count). The Bertz CT molecular complexity index is 520. The minimum Gasteiger partial charge on any atom is -0.373 e. The number of benzene rings is 1. The lowest BCUT2D eigenvalue weighted by Gasteiger charge is -2.24. The minimum absolute atomic E-state index is 0. The molecule has 0 aromatic heterocycles. The zero-order chi connectivity index (χ0) is 15.3. The van der Waals surface area contributed by atoms with Gasteiger partial charge in [-0.1, -0.05) is 0 Å². The molecule has 0 spiro atoms. The van der Waals surface area contributed by atoms with Crippen molar-refractivity contribution >= 4 is 29.9 Å². The Kier molecular flexibility index (Phi) is 7.47. The summed E-state index contributed by atoms with van der Waals surface area (Å²) in [5.74, 6) is -0.358. The molecule has 1 fully saturated rings. The van der Waals surface area contributed by atoms with E-state index in [0.717, 1.165) is 31.6 Å². The third-order valence-corrected chi connectivity index (χ3v) is 3.61. The van der Waals surface area contributed by atoms with Crippen molar-refractivity contribution < 1.29 is 13.5 Å². The molecule has 1 atom stereocenters. The van der Waals surface area contributed by atoms with Crippen molar-refractivity contribution in [3.05, 3.63) is 35.4 Å². The van der Waals surface area contributed by atoms with E-state index >= 15 is 0 Å². The Morgan fingerprint density at radius 3 is 2.77 bits per heavy atom. The molecular weight excluding hydrogens is 403 g/mol. The van der Waals surface area contributed by atoms with Crippen LogP contribution in [0.15, 0.2) is 23.2 Å². The summed E-state index contributed by atoms with van der Waals surface area (Å²) in [6.07, 6.45) is 2.05. The molecule has 1 heterocycles. The molecule has 0 radical (unpaired) electrons. The predicted molar refractivity (Wildman–Crippen MR) is 93.6 cm³/mol. The van der Waals surface area contributed by atoms with Crippen molar-refractivity contribution in [2.75, 3.05) is 20.2 Å². The third-order valence-electron chi connectivity index (χ3n) is 3.61. The predicted octanol–water partition coefficient (Wildman–Crippen LogP) is 2.82. The number of nitrogens with one attached hydrogen (secondary N) is 2. The second-order valence-corrected chi connectivity index (χ2v) is 5.42. The van der Waals surface area contributed by atoms with Crippen molar-refractivity contribution in [3.8, 4) is 0 Å². The molecule has 1 aromatic carbocycles. The van der Waals surface area contributed by atoms with Gasteiger partial charge in [-0.05, 0) is 38.0 Å². The van der Waals surface area contributed by atoms with Crippen molar-refractivity contribution in [2.24, 2.45) is 4.99 Å². The van der Waals surface area contributed by atoms with E-state index in [9.17, 15) is 8.78 Å². The molecule has 0 aliphatic carbocycles. The van der Waals surface area contributed by atoms with Gasteiger partial charge < -0.3 is 15.4 Å². The highest BCUT2D eigenvalue weighted by Gasteiger charge is 2.29. The summed E-state index contributed by atoms with van der Waals surface area (Å²) in [7, 11) is 1.63. The van der Waals surface area contributed by atoms with Gasteiger partial charge in [-0.15, -0.1) is 24.0 Å². The van der Waals surface area contributed by atoms with Gasteiger partial charge in [-0.3, -0.25) is 4.99 Å². The Balaban J connectivity index is 0.00000242. The van der Waals surface area contributed by atoms with Gasteiger partial charge in [0.05, 0.1) is 5.60 Å². The summed E-state index contributed by atoms with van der Waals surface area (Å²) in [4.78, 5) is 4.07. The molecule has 4 nitrogen and oxygen atoms in total. The molecule has 7 heteroatoms. The van der Waals surface area contributed by atoms with Gasteiger partial charge in [0.1, 0.15) is 11.6 Å². The molecule has 2 N–H and O–H groups in total. The van der Waals surface area contributed by atoms with Crippen LogP contribution in [-0.2, 0) is 11.3 Å². The highest BCUT2D eigenvalue weighted by Crippen LogP contribution is 2.23. The van der Waals surface area contributed by atoms with Gasteiger partial charge in [0.15, 0.2) is 5.96 Å². The zero-order valence-corrected chi connectivity index (χ0v) is 15.1. The maximum absolute atomic E-state index is 13.5. The molecule has 0 saturated carbocycles. The van der Waals surface area contributed by atoms with Crippen LogP contribution in [0, 0.1) is 11.6 Å². The van der Waals surface area contributed by atoms with Crippen LogP contribution in [0.3, 0.4) is 0 Å². The second kappa shape index (κ2) is 8.61. The molecule has 0 bridgehead atoms. The first-order valence-electron chi connectivity index (χ1n) is 7.05. The quantitative estimate of drug-likeness (QED) is 0.443. The molecule has 1 unspecified atom stereocenters. The van der Waals surface area contributed by atoms with Crippen LogP contribution in [-0.4, -0.2) is 31.8 Å². The van der Waals surface area contributed by atoms with Crippen molar-refractivity contribution in [3.63, 3.8) is 0 Å². The van der Waals surface area contributed by atoms with Crippen LogP contribution in [0.5, 0.6) is 0 Å². The molecule has 1 aromatic rings. The average Bonchev–Trinajstić information content (AvgIpc) is 2.90. The van der Waals surface area contributed by atoms with Crippen LogP contribution < -0.4 is 10.6 Å². The SMILES string of the molecule is CN=C(NCc1cc(F)ccc1F)NCC1(C)CCCO1.I. The Morgan fingerprint density at radius 2 is 2.14 bits per heavy atom. The average molecular weight is 425 g/mol. The van der Waals surface area contributed by atoms with E-state index in [1.165, 1.54) is 6.07 Å². The fourth-order valence-electron chi connectivity index (χ4n) is 2.33. The van der Waals surface area contributed by atoms with Crippen LogP contribution in [0.2, 0.25) is 0 Å². The van der Waals surface area contributed by atoms with Gasteiger partial charge in [0, 0.05) is 32.3 Å². The lowest BCUT2D eigenvalue weighted by Crippen LogP contribution is -2.45. The van der Waals surface area contributed by atoms with E-state index < -0.39 is 11.6 Å². The van der Waals surface area contributed by atoms with Crippen molar-refractivity contribution in [1.82, 2.24) is 10.6 Å². The van der Waals surface area contributed by atoms with Gasteiger partial charge in [-0.25, -0.2) is 8.78 Å². The van der Waals surface area contributed by atoms with Crippen LogP contribution in [0.25, 0.3) is 0 Å². The maximum atomic E-state index is 13.5. The van der Waals surface area contributed by atoms with Crippen LogP contribution in [0.4, 0.5) is 8.78 Å². The highest BCUT2D eigenvalue weighted by atomic mass is 127. The van der Waals surface area contributed by atoms with Gasteiger partial charge in [0.25, 0.3) is 0 Å². The van der Waals surface area contributed by atoms with Gasteiger partial charge in [-0.2, -0.15) is 0 Å². The minimum atomic E-state index is -0.456. The van der Waals surface area contributed by atoms with Gasteiger partial charge in [0.2, 0.25) is 0 Å². The Morgan fingerprint density at radius 1 is 1.36 bits per heavy atom. The van der Waals surface area contributed by atoms with Crippen LogP contribution >= 0.6 is 24.0 Å². The van der Waals surface area contributed by atoms with E-state index in [-0.39, 0.29) is 41.7 Å². The molecule has 1 saturated heterocycles. The van der Waals surface area contributed by atoms with E-state index in [1.54, 1.807) is 7.05 Å². The van der Waals surface area contributed by atoms with Gasteiger partial charge >= 0.3 is 0 Å². The number of nitrogens with zero attached hydrogens (tertiary/aromatic N) is 1. The largest absolute Gasteiger partial charge is 0.373 e. The smallest absolute Gasteiger partial charge is 0.191 e. The Hall–Kier alpha value is -0.960. The summed E-state index contributed by atoms with van der Waals surface area (Å²) in [5.41, 5.74) is 0.0723. The second-order valence-electron chi connectivity index (χ2n) is 5.42. The maximum Gasteiger partial charge on any atom is 0.191 e. The normalized spacial score (nSPS) is 21.4. The first-order chi connectivity index (χ1) is 10.0. The lowest BCUT2D eigenvalue weighted by atomic mass is 10.0. The zero-order valence-electron chi connectivity index (χ0n) is 12.8. The molecule has 0 amide bonds. The fourth-order valence-corrected chi connectivity index (χ4v) is 2.33. The number of guanidine groups is 1. The number of aliphatic imine (C=N–C) groups is 1. The third kappa shape index (κ3) is 5.35. The first-order valence-corrected chi connectivity index (χ1v) is 7.05. The summed E-state index contributed by atoms with van der Waals surface area (Å²) >= 11 is 0.